The number of unbranched alkanes of at least 4 members (excludes halogenated alkanes) is 14. The maximum atomic E-state index is 12.8. The van der Waals surface area contributed by atoms with E-state index >= 15 is 0 Å². The summed E-state index contributed by atoms with van der Waals surface area (Å²) in [6.07, 6.45) is 40.0. The second kappa shape index (κ2) is 34.6. The van der Waals surface area contributed by atoms with E-state index in [0.717, 1.165) is 44.9 Å². The molecule has 0 bridgehead atoms. The van der Waals surface area contributed by atoms with E-state index in [1.807, 2.05) is 45.4 Å². The van der Waals surface area contributed by atoms with E-state index < -0.39 is 32.7 Å². The third kappa shape index (κ3) is 36.9. The van der Waals surface area contributed by atoms with Gasteiger partial charge in [0.05, 0.1) is 46.0 Å². The number of aliphatic hydroxyl groups excluding tert-OH is 2. The number of nitrogens with zero attached hydrogens (tertiary/aromatic N) is 1. The summed E-state index contributed by atoms with van der Waals surface area (Å²) in [6, 6.07) is -0.982. The van der Waals surface area contributed by atoms with Crippen LogP contribution in [0.25, 0.3) is 0 Å². The Labute approximate surface area is 324 Å². The summed E-state index contributed by atoms with van der Waals surface area (Å²) in [7, 11) is 1.13. The van der Waals surface area contributed by atoms with E-state index in [0.29, 0.717) is 23.9 Å². The Balaban J connectivity index is 4.71. The van der Waals surface area contributed by atoms with Gasteiger partial charge in [0.1, 0.15) is 13.2 Å². The van der Waals surface area contributed by atoms with Gasteiger partial charge in [-0.15, -0.1) is 0 Å². The zero-order valence-corrected chi connectivity index (χ0v) is 35.2. The minimum Gasteiger partial charge on any atom is -0.756 e. The number of allylic oxidation sites excluding steroid dienone is 8. The molecule has 0 saturated heterocycles. The Morgan fingerprint density at radius 3 is 1.92 bits per heavy atom. The number of rotatable bonds is 36. The minimum absolute atomic E-state index is 0.0390. The summed E-state index contributed by atoms with van der Waals surface area (Å²) < 4.78 is 23.0. The highest BCUT2D eigenvalue weighted by molar-refractivity contribution is 7.45. The molecule has 0 aromatic heterocycles. The zero-order chi connectivity index (χ0) is 39.5. The van der Waals surface area contributed by atoms with Crippen LogP contribution < -0.4 is 10.2 Å². The summed E-state index contributed by atoms with van der Waals surface area (Å²) in [5.74, 6) is -0.359. The van der Waals surface area contributed by atoms with Crippen molar-refractivity contribution < 1.29 is 38.0 Å². The van der Waals surface area contributed by atoms with Crippen molar-refractivity contribution in [3.8, 4) is 0 Å². The number of likely N-dealkylation sites (N-methyl/N-ethyl adjacent to an activating group) is 1. The number of amides is 1. The molecule has 53 heavy (non-hydrogen) atoms. The van der Waals surface area contributed by atoms with E-state index in [1.165, 1.54) is 70.6 Å². The predicted molar refractivity (Wildman–Crippen MR) is 220 cm³/mol. The van der Waals surface area contributed by atoms with Gasteiger partial charge in [0.25, 0.3) is 7.82 Å². The highest BCUT2D eigenvalue weighted by Gasteiger charge is 2.23. The lowest BCUT2D eigenvalue weighted by molar-refractivity contribution is -0.870. The first-order chi connectivity index (χ1) is 25.4. The van der Waals surface area contributed by atoms with Crippen LogP contribution in [0.15, 0.2) is 60.8 Å². The number of phosphoric ester groups is 1. The summed E-state index contributed by atoms with van der Waals surface area (Å²) >= 11 is 0. The molecule has 9 nitrogen and oxygen atoms in total. The van der Waals surface area contributed by atoms with Gasteiger partial charge in [0.2, 0.25) is 5.91 Å². The van der Waals surface area contributed by atoms with Crippen molar-refractivity contribution in [2.75, 3.05) is 40.9 Å². The fourth-order valence-electron chi connectivity index (χ4n) is 5.40. The molecule has 3 N–H and O–H groups in total. The Bertz CT molecular complexity index is 1070. The van der Waals surface area contributed by atoms with Gasteiger partial charge in [-0.2, -0.15) is 0 Å². The first kappa shape index (κ1) is 51.2. The standard InChI is InChI=1S/C43H79N2O7P/c1-6-8-10-12-14-16-18-20-22-24-26-28-30-33-40(46)34-32-36-43(48)44-41(39-52-53(49,50)51-38-37-45(3,4)5)42(47)35-31-29-27-25-23-21-19-17-15-13-11-9-7-2/h11,13,20,22,26,28,30-31,33,35,40-42,46-47H,6-10,12,14-19,21,23-25,27,29,32,34,36-39H2,1-5H3,(H-,44,48,49,50)/b13-11-,22-20+,28-26+,33-30+,35-31+/t40?,41-,42+/m0/s1. The van der Waals surface area contributed by atoms with E-state index in [1.54, 1.807) is 12.2 Å². The maximum absolute atomic E-state index is 12.8. The van der Waals surface area contributed by atoms with E-state index in [-0.39, 0.29) is 18.9 Å². The van der Waals surface area contributed by atoms with Gasteiger partial charge < -0.3 is 34.0 Å². The molecule has 308 valence electrons. The number of quaternary nitrogens is 1. The van der Waals surface area contributed by atoms with Gasteiger partial charge in [-0.3, -0.25) is 9.36 Å². The first-order valence-corrected chi connectivity index (χ1v) is 22.2. The van der Waals surface area contributed by atoms with Crippen molar-refractivity contribution in [3.63, 3.8) is 0 Å². The Kier molecular flexibility index (Phi) is 33.4. The van der Waals surface area contributed by atoms with Crippen molar-refractivity contribution in [3.05, 3.63) is 60.8 Å². The van der Waals surface area contributed by atoms with Crippen LogP contribution in [0.1, 0.15) is 149 Å². The molecule has 0 aromatic rings. The molecular weight excluding hydrogens is 687 g/mol. The van der Waals surface area contributed by atoms with Crippen LogP contribution >= 0.6 is 7.82 Å². The molecular formula is C43H79N2O7P. The van der Waals surface area contributed by atoms with Crippen LogP contribution in [0.4, 0.5) is 0 Å². The lowest BCUT2D eigenvalue weighted by Gasteiger charge is -2.29. The van der Waals surface area contributed by atoms with Crippen LogP contribution in [-0.4, -0.2) is 79.8 Å². The normalized spacial score (nSPS) is 15.7. The molecule has 0 aliphatic heterocycles. The molecule has 0 radical (unpaired) electrons. The van der Waals surface area contributed by atoms with Crippen LogP contribution in [0.5, 0.6) is 0 Å². The van der Waals surface area contributed by atoms with Crippen molar-refractivity contribution in [1.29, 1.82) is 0 Å². The monoisotopic (exact) mass is 767 g/mol. The van der Waals surface area contributed by atoms with Gasteiger partial charge in [-0.05, 0) is 64.2 Å². The van der Waals surface area contributed by atoms with Crippen molar-refractivity contribution in [2.45, 2.75) is 167 Å². The summed E-state index contributed by atoms with van der Waals surface area (Å²) in [4.78, 5) is 25.2. The minimum atomic E-state index is -4.64. The van der Waals surface area contributed by atoms with Crippen LogP contribution in [0, 0.1) is 0 Å². The quantitative estimate of drug-likeness (QED) is 0.0191. The molecule has 0 spiro atoms. The van der Waals surface area contributed by atoms with Crippen molar-refractivity contribution >= 4 is 13.7 Å². The molecule has 0 aliphatic rings. The molecule has 2 unspecified atom stereocenters. The van der Waals surface area contributed by atoms with Crippen LogP contribution in [-0.2, 0) is 18.4 Å². The number of phosphoric acid groups is 1. The first-order valence-electron chi connectivity index (χ1n) is 20.8. The topological polar surface area (TPSA) is 128 Å². The number of hydrogen-bond acceptors (Lipinski definition) is 7. The van der Waals surface area contributed by atoms with Crippen LogP contribution in [0.2, 0.25) is 0 Å². The highest BCUT2D eigenvalue weighted by Crippen LogP contribution is 2.38. The number of carbonyl (C=O) groups excluding carboxylic acids is 1. The largest absolute Gasteiger partial charge is 0.756 e. The third-order valence-electron chi connectivity index (χ3n) is 8.78. The Morgan fingerprint density at radius 1 is 0.717 bits per heavy atom. The lowest BCUT2D eigenvalue weighted by atomic mass is 10.1. The van der Waals surface area contributed by atoms with Crippen molar-refractivity contribution in [1.82, 2.24) is 5.32 Å². The fourth-order valence-corrected chi connectivity index (χ4v) is 6.12. The molecule has 0 heterocycles. The third-order valence-corrected chi connectivity index (χ3v) is 9.74. The molecule has 0 fully saturated rings. The maximum Gasteiger partial charge on any atom is 0.268 e. The fraction of sp³-hybridized carbons (Fsp3) is 0.744. The lowest BCUT2D eigenvalue weighted by Crippen LogP contribution is -2.45. The average Bonchev–Trinajstić information content (AvgIpc) is 3.09. The average molecular weight is 767 g/mol. The SMILES string of the molecule is CCC/C=C\CCCCCCCC/C=C/[C@@H](O)[C@H](COP(=O)([O-])OCC[N+](C)(C)C)NC(=O)CCCC(O)/C=C/C=C/C/C=C/CCCCCCCC. The number of carbonyl (C=O) groups is 1. The summed E-state index contributed by atoms with van der Waals surface area (Å²) in [5, 5.41) is 24.0. The van der Waals surface area contributed by atoms with E-state index in [4.69, 9.17) is 9.05 Å². The smallest absolute Gasteiger partial charge is 0.268 e. The zero-order valence-electron chi connectivity index (χ0n) is 34.3. The Hall–Kier alpha value is -1.84. The molecule has 1 amide bonds. The molecule has 4 atom stereocenters. The predicted octanol–water partition coefficient (Wildman–Crippen LogP) is 9.41. The summed E-state index contributed by atoms with van der Waals surface area (Å²) in [5.41, 5.74) is 0. The van der Waals surface area contributed by atoms with Gasteiger partial charge in [-0.1, -0.05) is 139 Å². The highest BCUT2D eigenvalue weighted by atomic mass is 31.2. The molecule has 0 aliphatic carbocycles. The number of hydrogen-bond donors (Lipinski definition) is 3. The van der Waals surface area contributed by atoms with Gasteiger partial charge in [0, 0.05) is 6.42 Å². The van der Waals surface area contributed by atoms with Gasteiger partial charge in [0.15, 0.2) is 0 Å². The second-order valence-electron chi connectivity index (χ2n) is 15.2. The van der Waals surface area contributed by atoms with Gasteiger partial charge in [-0.25, -0.2) is 0 Å². The second-order valence-corrected chi connectivity index (χ2v) is 16.6. The molecule has 10 heteroatoms. The molecule has 0 rings (SSSR count). The number of nitrogens with one attached hydrogen (secondary N) is 1. The van der Waals surface area contributed by atoms with Gasteiger partial charge >= 0.3 is 0 Å². The summed E-state index contributed by atoms with van der Waals surface area (Å²) in [6.45, 7) is 4.40. The van der Waals surface area contributed by atoms with E-state index in [9.17, 15) is 24.5 Å². The van der Waals surface area contributed by atoms with Crippen molar-refractivity contribution in [2.24, 2.45) is 0 Å². The molecule has 0 saturated carbocycles. The Morgan fingerprint density at radius 2 is 1.30 bits per heavy atom. The number of aliphatic hydroxyl groups is 2. The van der Waals surface area contributed by atoms with Crippen LogP contribution in [0.3, 0.4) is 0 Å². The van der Waals surface area contributed by atoms with E-state index in [2.05, 4.69) is 43.5 Å². The molecule has 0 aromatic carbocycles.